The molecule has 1 N–H and O–H groups in total. The van der Waals surface area contributed by atoms with Crippen LogP contribution in [0.3, 0.4) is 0 Å². The van der Waals surface area contributed by atoms with Crippen LogP contribution in [0.5, 0.6) is 0 Å². The van der Waals surface area contributed by atoms with E-state index < -0.39 is 0 Å². The summed E-state index contributed by atoms with van der Waals surface area (Å²) < 4.78 is 1.23. The maximum absolute atomic E-state index is 4.21. The molecule has 0 saturated heterocycles. The number of aromatic nitrogens is 1. The first kappa shape index (κ1) is 6.61. The summed E-state index contributed by atoms with van der Waals surface area (Å²) in [7, 11) is 1.93. The standard InChI is InChI=1S/C8H8N2S/c1-9-6-3-2-4-7-8(6)11-5-10-7/h2-5,9H,1H3. The number of hydrogen-bond acceptors (Lipinski definition) is 3. The largest absolute Gasteiger partial charge is 0.387 e. The van der Waals surface area contributed by atoms with Crippen LogP contribution in [0.15, 0.2) is 23.7 Å². The van der Waals surface area contributed by atoms with E-state index in [4.69, 9.17) is 0 Å². The molecule has 1 aromatic carbocycles. The third-order valence-corrected chi connectivity index (χ3v) is 2.50. The Morgan fingerprint density at radius 2 is 2.36 bits per heavy atom. The van der Waals surface area contributed by atoms with Crippen molar-refractivity contribution in [3.63, 3.8) is 0 Å². The third-order valence-electron chi connectivity index (χ3n) is 1.63. The molecule has 56 valence electrons. The Hall–Kier alpha value is -1.09. The number of nitrogens with zero attached hydrogens (tertiary/aromatic N) is 1. The van der Waals surface area contributed by atoms with E-state index in [9.17, 15) is 0 Å². The van der Waals surface area contributed by atoms with Crippen molar-refractivity contribution in [3.8, 4) is 0 Å². The summed E-state index contributed by atoms with van der Waals surface area (Å²) >= 11 is 1.66. The highest BCUT2D eigenvalue weighted by Gasteiger charge is 1.99. The lowest BCUT2D eigenvalue weighted by Crippen LogP contribution is -1.86. The highest BCUT2D eigenvalue weighted by Crippen LogP contribution is 2.25. The topological polar surface area (TPSA) is 24.9 Å². The molecule has 0 saturated carbocycles. The Kier molecular flexibility index (Phi) is 1.51. The minimum absolute atomic E-state index is 1.07. The SMILES string of the molecule is CNc1cccc2ncsc12. The zero-order valence-corrected chi connectivity index (χ0v) is 6.98. The lowest BCUT2D eigenvalue weighted by molar-refractivity contribution is 1.49. The second-order valence-corrected chi connectivity index (χ2v) is 3.11. The summed E-state index contributed by atoms with van der Waals surface area (Å²) in [6, 6.07) is 6.08. The minimum atomic E-state index is 1.07. The molecule has 1 aromatic heterocycles. The van der Waals surface area contributed by atoms with E-state index in [2.05, 4.69) is 16.4 Å². The molecule has 0 aliphatic rings. The van der Waals surface area contributed by atoms with Crippen molar-refractivity contribution in [2.75, 3.05) is 12.4 Å². The maximum Gasteiger partial charge on any atom is 0.0833 e. The van der Waals surface area contributed by atoms with E-state index in [0.29, 0.717) is 0 Å². The van der Waals surface area contributed by atoms with Crippen LogP contribution in [0, 0.1) is 0 Å². The van der Waals surface area contributed by atoms with E-state index in [1.807, 2.05) is 24.7 Å². The van der Waals surface area contributed by atoms with Crippen molar-refractivity contribution in [1.29, 1.82) is 0 Å². The van der Waals surface area contributed by atoms with E-state index in [1.165, 1.54) is 4.70 Å². The monoisotopic (exact) mass is 164 g/mol. The molecule has 2 aromatic rings. The van der Waals surface area contributed by atoms with Gasteiger partial charge in [0.15, 0.2) is 0 Å². The van der Waals surface area contributed by atoms with Crippen molar-refractivity contribution in [3.05, 3.63) is 23.7 Å². The minimum Gasteiger partial charge on any atom is -0.387 e. The van der Waals surface area contributed by atoms with Crippen molar-refractivity contribution in [2.24, 2.45) is 0 Å². The van der Waals surface area contributed by atoms with Gasteiger partial charge >= 0.3 is 0 Å². The third kappa shape index (κ3) is 0.973. The fraction of sp³-hybridized carbons (Fsp3) is 0.125. The summed E-state index contributed by atoms with van der Waals surface area (Å²) in [5.41, 5.74) is 4.10. The predicted octanol–water partition coefficient (Wildman–Crippen LogP) is 2.34. The van der Waals surface area contributed by atoms with Gasteiger partial charge in [0.2, 0.25) is 0 Å². The van der Waals surface area contributed by atoms with E-state index in [-0.39, 0.29) is 0 Å². The van der Waals surface area contributed by atoms with Crippen LogP contribution in [0.4, 0.5) is 5.69 Å². The van der Waals surface area contributed by atoms with Crippen LogP contribution >= 0.6 is 11.3 Å². The molecule has 0 unspecified atom stereocenters. The molecule has 11 heavy (non-hydrogen) atoms. The highest BCUT2D eigenvalue weighted by atomic mass is 32.1. The lowest BCUT2D eigenvalue weighted by atomic mass is 10.3. The molecule has 0 amide bonds. The van der Waals surface area contributed by atoms with Crippen molar-refractivity contribution in [1.82, 2.24) is 4.98 Å². The highest BCUT2D eigenvalue weighted by molar-refractivity contribution is 7.17. The molecular weight excluding hydrogens is 156 g/mol. The average molecular weight is 164 g/mol. The Bertz CT molecular complexity index is 367. The fourth-order valence-corrected chi connectivity index (χ4v) is 1.89. The molecule has 0 bridgehead atoms. The van der Waals surface area contributed by atoms with Gasteiger partial charge < -0.3 is 5.32 Å². The van der Waals surface area contributed by atoms with Crippen LogP contribution < -0.4 is 5.32 Å². The molecule has 2 nitrogen and oxygen atoms in total. The van der Waals surface area contributed by atoms with Gasteiger partial charge in [0.25, 0.3) is 0 Å². The van der Waals surface area contributed by atoms with E-state index in [1.54, 1.807) is 11.3 Å². The fourth-order valence-electron chi connectivity index (χ4n) is 1.08. The molecule has 3 heteroatoms. The molecule has 1 heterocycles. The Morgan fingerprint density at radius 1 is 1.45 bits per heavy atom. The van der Waals surface area contributed by atoms with Gasteiger partial charge in [-0.3, -0.25) is 0 Å². The predicted molar refractivity (Wildman–Crippen MR) is 49.2 cm³/mol. The van der Waals surface area contributed by atoms with Gasteiger partial charge in [0.05, 0.1) is 21.4 Å². The average Bonchev–Trinajstić information content (AvgIpc) is 2.50. The van der Waals surface area contributed by atoms with Crippen molar-refractivity contribution < 1.29 is 0 Å². The van der Waals surface area contributed by atoms with E-state index in [0.717, 1.165) is 11.2 Å². The number of fused-ring (bicyclic) bond motifs is 1. The maximum atomic E-state index is 4.21. The van der Waals surface area contributed by atoms with E-state index >= 15 is 0 Å². The van der Waals surface area contributed by atoms with Crippen molar-refractivity contribution >= 4 is 27.2 Å². The second kappa shape index (κ2) is 2.51. The molecule has 0 atom stereocenters. The summed E-state index contributed by atoms with van der Waals surface area (Å²) in [6.45, 7) is 0. The van der Waals surface area contributed by atoms with Crippen LogP contribution in [-0.4, -0.2) is 12.0 Å². The number of hydrogen-bond donors (Lipinski definition) is 1. The lowest BCUT2D eigenvalue weighted by Gasteiger charge is -1.98. The van der Waals surface area contributed by atoms with Crippen LogP contribution in [0.25, 0.3) is 10.2 Å². The molecular formula is C8H8N2S. The van der Waals surface area contributed by atoms with Crippen molar-refractivity contribution in [2.45, 2.75) is 0 Å². The summed E-state index contributed by atoms with van der Waals surface area (Å²) in [6.07, 6.45) is 0. The zero-order valence-electron chi connectivity index (χ0n) is 6.16. The zero-order chi connectivity index (χ0) is 7.68. The first-order valence-electron chi connectivity index (χ1n) is 3.42. The van der Waals surface area contributed by atoms with Gasteiger partial charge in [0.1, 0.15) is 0 Å². The van der Waals surface area contributed by atoms with Crippen LogP contribution in [0.1, 0.15) is 0 Å². The molecule has 2 rings (SSSR count). The van der Waals surface area contributed by atoms with Gasteiger partial charge in [-0.15, -0.1) is 11.3 Å². The van der Waals surface area contributed by atoms with Gasteiger partial charge in [-0.1, -0.05) is 6.07 Å². The first-order chi connectivity index (χ1) is 5.42. The molecule has 0 aliphatic carbocycles. The Balaban J connectivity index is 2.79. The number of anilines is 1. The number of nitrogens with one attached hydrogen (secondary N) is 1. The van der Waals surface area contributed by atoms with Gasteiger partial charge in [-0.05, 0) is 12.1 Å². The number of benzene rings is 1. The molecule has 0 fully saturated rings. The number of thiazole rings is 1. The summed E-state index contributed by atoms with van der Waals surface area (Å²) in [5, 5.41) is 3.13. The number of rotatable bonds is 1. The quantitative estimate of drug-likeness (QED) is 0.699. The van der Waals surface area contributed by atoms with Crippen LogP contribution in [0.2, 0.25) is 0 Å². The molecule has 0 radical (unpaired) electrons. The Labute approximate surface area is 68.9 Å². The first-order valence-corrected chi connectivity index (χ1v) is 4.30. The van der Waals surface area contributed by atoms with Gasteiger partial charge in [-0.25, -0.2) is 4.98 Å². The Morgan fingerprint density at radius 3 is 3.18 bits per heavy atom. The van der Waals surface area contributed by atoms with Crippen LogP contribution in [-0.2, 0) is 0 Å². The summed E-state index contributed by atoms with van der Waals surface area (Å²) in [5.74, 6) is 0. The molecule has 0 spiro atoms. The summed E-state index contributed by atoms with van der Waals surface area (Å²) in [4.78, 5) is 4.21. The van der Waals surface area contributed by atoms with Gasteiger partial charge in [-0.2, -0.15) is 0 Å². The smallest absolute Gasteiger partial charge is 0.0833 e. The molecule has 0 aliphatic heterocycles. The second-order valence-electron chi connectivity index (χ2n) is 2.26. The van der Waals surface area contributed by atoms with Gasteiger partial charge in [0, 0.05) is 7.05 Å². The normalized spacial score (nSPS) is 10.3.